The van der Waals surface area contributed by atoms with Gasteiger partial charge >= 0.3 is 0 Å². The lowest BCUT2D eigenvalue weighted by Gasteiger charge is -2.13. The third-order valence-corrected chi connectivity index (χ3v) is 4.72. The van der Waals surface area contributed by atoms with Crippen LogP contribution in [0, 0.1) is 5.92 Å². The maximum atomic E-state index is 11.6. The number of carbonyl (C=O) groups excluding carboxylic acids is 1. The minimum atomic E-state index is -0.0184. The molecule has 19 heavy (non-hydrogen) atoms. The molecule has 2 N–H and O–H groups in total. The summed E-state index contributed by atoms with van der Waals surface area (Å²) < 4.78 is 5.58. The van der Waals surface area contributed by atoms with E-state index in [2.05, 4.69) is 19.2 Å². The van der Waals surface area contributed by atoms with Crippen molar-refractivity contribution in [2.45, 2.75) is 39.7 Å². The average Bonchev–Trinajstić information content (AvgIpc) is 2.33. The smallest absolute Gasteiger partial charge is 0.222 e. The van der Waals surface area contributed by atoms with Crippen molar-refractivity contribution in [1.82, 2.24) is 5.32 Å². The molecule has 114 valence electrons. The zero-order chi connectivity index (χ0) is 14.5. The summed E-state index contributed by atoms with van der Waals surface area (Å²) in [5.41, 5.74) is 0. The predicted molar refractivity (Wildman–Crippen MR) is 84.5 cm³/mol. The molecule has 0 saturated carbocycles. The highest BCUT2D eigenvalue weighted by molar-refractivity contribution is 8.76. The Bertz CT molecular complexity index is 228. The van der Waals surface area contributed by atoms with Crippen molar-refractivity contribution in [2.24, 2.45) is 5.92 Å². The maximum Gasteiger partial charge on any atom is 0.222 e. The molecule has 6 heteroatoms. The molecule has 0 rings (SSSR count). The Labute approximate surface area is 124 Å². The Morgan fingerprint density at radius 1 is 1.26 bits per heavy atom. The molecule has 0 heterocycles. The predicted octanol–water partition coefficient (Wildman–Crippen LogP) is 2.32. The molecule has 0 saturated heterocycles. The van der Waals surface area contributed by atoms with Crippen molar-refractivity contribution >= 4 is 27.5 Å². The fraction of sp³-hybridized carbons (Fsp3) is 0.923. The van der Waals surface area contributed by atoms with Crippen LogP contribution in [0.1, 0.15) is 33.6 Å². The van der Waals surface area contributed by atoms with E-state index in [9.17, 15) is 4.79 Å². The third kappa shape index (κ3) is 14.3. The Morgan fingerprint density at radius 3 is 2.58 bits per heavy atom. The second-order valence-electron chi connectivity index (χ2n) is 4.79. The molecule has 0 fully saturated rings. The van der Waals surface area contributed by atoms with Gasteiger partial charge in [-0.05, 0) is 19.3 Å². The number of ether oxygens (including phenoxy) is 1. The number of carbonyl (C=O) groups is 1. The van der Waals surface area contributed by atoms with Gasteiger partial charge in [0.05, 0.1) is 19.1 Å². The summed E-state index contributed by atoms with van der Waals surface area (Å²) in [5, 5.41) is 11.5. The van der Waals surface area contributed by atoms with E-state index >= 15 is 0 Å². The fourth-order valence-corrected chi connectivity index (χ4v) is 2.96. The quantitative estimate of drug-likeness (QED) is 0.428. The summed E-state index contributed by atoms with van der Waals surface area (Å²) in [6.07, 6.45) is 1.44. The van der Waals surface area contributed by atoms with E-state index in [-0.39, 0.29) is 18.6 Å². The van der Waals surface area contributed by atoms with Crippen molar-refractivity contribution in [3.05, 3.63) is 0 Å². The molecule has 0 aromatic carbocycles. The first-order valence-electron chi connectivity index (χ1n) is 6.79. The molecule has 0 bridgehead atoms. The highest BCUT2D eigenvalue weighted by Crippen LogP contribution is 2.19. The number of aliphatic hydroxyl groups is 1. The van der Waals surface area contributed by atoms with Crippen LogP contribution in [0.25, 0.3) is 0 Å². The van der Waals surface area contributed by atoms with Crippen LogP contribution < -0.4 is 5.32 Å². The summed E-state index contributed by atoms with van der Waals surface area (Å²) in [5.74, 6) is 2.28. The summed E-state index contributed by atoms with van der Waals surface area (Å²) in [7, 11) is 3.29. The molecule has 0 aliphatic rings. The van der Waals surface area contributed by atoms with Crippen LogP contribution in [0.5, 0.6) is 0 Å². The first kappa shape index (κ1) is 19.1. The molecule has 0 aromatic rings. The lowest BCUT2D eigenvalue weighted by molar-refractivity contribution is -0.123. The molecule has 1 unspecified atom stereocenters. The van der Waals surface area contributed by atoms with Gasteiger partial charge in [-0.25, -0.2) is 0 Å². The molecular weight excluding hydrogens is 282 g/mol. The van der Waals surface area contributed by atoms with E-state index in [0.29, 0.717) is 18.9 Å². The molecule has 1 amide bonds. The van der Waals surface area contributed by atoms with Gasteiger partial charge in [0.25, 0.3) is 0 Å². The Hall–Kier alpha value is 0.0900. The van der Waals surface area contributed by atoms with Gasteiger partial charge in [-0.15, -0.1) is 0 Å². The monoisotopic (exact) mass is 309 g/mol. The van der Waals surface area contributed by atoms with E-state index in [1.54, 1.807) is 21.6 Å². The second kappa shape index (κ2) is 13.1. The Morgan fingerprint density at radius 2 is 1.95 bits per heavy atom. The number of hydrogen-bond donors (Lipinski definition) is 2. The van der Waals surface area contributed by atoms with Crippen LogP contribution in [0.2, 0.25) is 0 Å². The van der Waals surface area contributed by atoms with Gasteiger partial charge < -0.3 is 15.2 Å². The zero-order valence-electron chi connectivity index (χ0n) is 12.2. The lowest BCUT2D eigenvalue weighted by atomic mass is 10.1. The topological polar surface area (TPSA) is 58.6 Å². The largest absolute Gasteiger partial charge is 0.395 e. The van der Waals surface area contributed by atoms with Crippen molar-refractivity contribution in [1.29, 1.82) is 0 Å². The normalized spacial score (nSPS) is 12.7. The van der Waals surface area contributed by atoms with Gasteiger partial charge in [0.2, 0.25) is 5.91 Å². The van der Waals surface area contributed by atoms with Crippen LogP contribution in [0.4, 0.5) is 0 Å². The van der Waals surface area contributed by atoms with Crippen LogP contribution in [0.15, 0.2) is 0 Å². The first-order chi connectivity index (χ1) is 9.06. The molecule has 0 aromatic heterocycles. The number of rotatable bonds is 12. The maximum absolute atomic E-state index is 11.6. The van der Waals surface area contributed by atoms with Crippen LogP contribution >= 0.6 is 21.6 Å². The molecule has 4 nitrogen and oxygen atoms in total. The Kier molecular flexibility index (Phi) is 13.2. The number of amides is 1. The molecule has 0 aliphatic carbocycles. The van der Waals surface area contributed by atoms with Gasteiger partial charge in [0, 0.05) is 24.7 Å². The minimum absolute atomic E-state index is 0.0184. The Balaban J connectivity index is 3.41. The van der Waals surface area contributed by atoms with Crippen molar-refractivity contribution < 1.29 is 14.6 Å². The average molecular weight is 309 g/mol. The first-order valence-corrected chi connectivity index (χ1v) is 9.28. The van der Waals surface area contributed by atoms with Crippen LogP contribution in [0.3, 0.4) is 0 Å². The minimum Gasteiger partial charge on any atom is -0.395 e. The molecule has 0 radical (unpaired) electrons. The number of nitrogens with one attached hydrogen (secondary N) is 1. The van der Waals surface area contributed by atoms with E-state index in [0.717, 1.165) is 24.5 Å². The van der Waals surface area contributed by atoms with Gasteiger partial charge in [0.15, 0.2) is 0 Å². The summed E-state index contributed by atoms with van der Waals surface area (Å²) in [6.45, 7) is 7.85. The second-order valence-corrected chi connectivity index (χ2v) is 7.49. The zero-order valence-corrected chi connectivity index (χ0v) is 13.8. The highest BCUT2D eigenvalue weighted by atomic mass is 33.1. The van der Waals surface area contributed by atoms with Crippen molar-refractivity contribution in [3.63, 3.8) is 0 Å². The summed E-state index contributed by atoms with van der Waals surface area (Å²) in [4.78, 5) is 11.6. The van der Waals surface area contributed by atoms with Gasteiger partial charge in [0.1, 0.15) is 0 Å². The van der Waals surface area contributed by atoms with E-state index < -0.39 is 0 Å². The fourth-order valence-electron chi connectivity index (χ4n) is 1.28. The molecule has 0 spiro atoms. The van der Waals surface area contributed by atoms with Crippen LogP contribution in [-0.2, 0) is 9.53 Å². The highest BCUT2D eigenvalue weighted by Gasteiger charge is 2.09. The molecule has 1 atom stereocenters. The van der Waals surface area contributed by atoms with Crippen molar-refractivity contribution in [2.75, 3.05) is 31.3 Å². The molecular formula is C13H27NO3S2. The lowest BCUT2D eigenvalue weighted by Crippen LogP contribution is -2.29. The standard InChI is InChI=1S/C13H27NO3S2/c1-11(2)4-7-17-12(3)10-13(16)14-5-8-18-19-9-6-15/h11-12,15H,4-10H2,1-3H3,(H,14,16). The third-order valence-electron chi connectivity index (χ3n) is 2.34. The molecule has 0 aliphatic heterocycles. The van der Waals surface area contributed by atoms with E-state index in [4.69, 9.17) is 9.84 Å². The van der Waals surface area contributed by atoms with Gasteiger partial charge in [-0.2, -0.15) is 0 Å². The van der Waals surface area contributed by atoms with Gasteiger partial charge in [-0.3, -0.25) is 4.79 Å². The number of hydrogen-bond acceptors (Lipinski definition) is 5. The van der Waals surface area contributed by atoms with Crippen molar-refractivity contribution in [3.8, 4) is 0 Å². The van der Waals surface area contributed by atoms with E-state index in [1.165, 1.54) is 0 Å². The number of aliphatic hydroxyl groups excluding tert-OH is 1. The van der Waals surface area contributed by atoms with Gasteiger partial charge in [-0.1, -0.05) is 35.4 Å². The van der Waals surface area contributed by atoms with E-state index in [1.807, 2.05) is 6.92 Å². The SMILES string of the molecule is CC(C)CCOC(C)CC(=O)NCCSSCCO. The summed E-state index contributed by atoms with van der Waals surface area (Å²) >= 11 is 0. The summed E-state index contributed by atoms with van der Waals surface area (Å²) in [6, 6.07) is 0. The van der Waals surface area contributed by atoms with Crippen LogP contribution in [-0.4, -0.2) is 48.4 Å².